The number of anilines is 1. The maximum absolute atomic E-state index is 12.1. The van der Waals surface area contributed by atoms with E-state index in [2.05, 4.69) is 5.32 Å². The Morgan fingerprint density at radius 3 is 2.50 bits per heavy atom. The number of β-amino-alcohol motifs (C(OH)–C–C–N with tert-alkyl or cyclic N) is 1. The molecule has 0 bridgehead atoms. The molecule has 0 aliphatic carbocycles. The zero-order valence-electron chi connectivity index (χ0n) is 11.8. The van der Waals surface area contributed by atoms with Crippen LogP contribution in [0, 0.1) is 0 Å². The van der Waals surface area contributed by atoms with Crippen LogP contribution >= 0.6 is 0 Å². The van der Waals surface area contributed by atoms with Gasteiger partial charge in [0, 0.05) is 37.0 Å². The lowest BCUT2D eigenvalue weighted by Gasteiger charge is -2.17. The van der Waals surface area contributed by atoms with Crippen molar-refractivity contribution >= 4 is 11.6 Å². The molecule has 1 aromatic carbocycles. The first kappa shape index (κ1) is 14.5. The first-order valence-corrected chi connectivity index (χ1v) is 6.57. The number of carbonyl (C=O) groups excluding carboxylic acids is 1. The van der Waals surface area contributed by atoms with E-state index < -0.39 is 0 Å². The normalized spacial score (nSPS) is 18.2. The van der Waals surface area contributed by atoms with E-state index in [4.69, 9.17) is 14.6 Å². The first-order valence-electron chi connectivity index (χ1n) is 6.57. The van der Waals surface area contributed by atoms with Gasteiger partial charge in [0.2, 0.25) is 5.91 Å². The van der Waals surface area contributed by atoms with Gasteiger partial charge in [-0.3, -0.25) is 4.79 Å². The summed E-state index contributed by atoms with van der Waals surface area (Å²) >= 11 is 0. The van der Waals surface area contributed by atoms with Crippen LogP contribution in [0.15, 0.2) is 18.2 Å². The van der Waals surface area contributed by atoms with Gasteiger partial charge in [0.15, 0.2) is 0 Å². The van der Waals surface area contributed by atoms with Gasteiger partial charge in [-0.1, -0.05) is 0 Å². The molecule has 1 atom stereocenters. The Morgan fingerprint density at radius 1 is 1.30 bits per heavy atom. The smallest absolute Gasteiger partial charge is 0.245 e. The summed E-state index contributed by atoms with van der Waals surface area (Å²) in [6.07, 6.45) is 0.721. The molecule has 1 aliphatic rings. The van der Waals surface area contributed by atoms with Gasteiger partial charge in [0.05, 0.1) is 20.8 Å². The quantitative estimate of drug-likeness (QED) is 0.803. The molecule has 0 saturated carbocycles. The number of rotatable bonds is 6. The number of hydrogen-bond donors (Lipinski definition) is 2. The number of carbonyl (C=O) groups is 1. The third-order valence-corrected chi connectivity index (χ3v) is 3.36. The number of hydrogen-bond acceptors (Lipinski definition) is 5. The molecule has 2 rings (SSSR count). The van der Waals surface area contributed by atoms with Gasteiger partial charge >= 0.3 is 0 Å². The summed E-state index contributed by atoms with van der Waals surface area (Å²) in [5, 5.41) is 12.1. The van der Waals surface area contributed by atoms with Crippen LogP contribution in [0.25, 0.3) is 0 Å². The highest BCUT2D eigenvalue weighted by molar-refractivity contribution is 5.86. The molecule has 1 fully saturated rings. The maximum atomic E-state index is 12.1. The summed E-state index contributed by atoms with van der Waals surface area (Å²) in [4.78, 5) is 13.8. The molecule has 1 aliphatic heterocycles. The molecule has 1 heterocycles. The first-order chi connectivity index (χ1) is 9.67. The minimum atomic E-state index is -0.265. The second kappa shape index (κ2) is 6.47. The Kier molecular flexibility index (Phi) is 4.68. The van der Waals surface area contributed by atoms with Gasteiger partial charge < -0.3 is 24.8 Å². The number of aliphatic hydroxyl groups is 1. The lowest BCUT2D eigenvalue weighted by Crippen LogP contribution is -2.35. The number of aliphatic hydroxyl groups excluding tert-OH is 1. The van der Waals surface area contributed by atoms with Crippen molar-refractivity contribution in [2.45, 2.75) is 12.5 Å². The fourth-order valence-electron chi connectivity index (χ4n) is 2.31. The summed E-state index contributed by atoms with van der Waals surface area (Å²) in [5.41, 5.74) is 0.783. The Hall–Kier alpha value is -1.95. The summed E-state index contributed by atoms with van der Waals surface area (Å²) < 4.78 is 10.4. The summed E-state index contributed by atoms with van der Waals surface area (Å²) in [6.45, 7) is 1.04. The van der Waals surface area contributed by atoms with Crippen molar-refractivity contribution in [2.24, 2.45) is 0 Å². The van der Waals surface area contributed by atoms with E-state index in [0.29, 0.717) is 24.6 Å². The van der Waals surface area contributed by atoms with Crippen LogP contribution in [0.2, 0.25) is 0 Å². The number of ether oxygens (including phenoxy) is 2. The van der Waals surface area contributed by atoms with Crippen LogP contribution in [0.1, 0.15) is 6.42 Å². The standard InChI is InChI=1S/C14H20N2O4/c1-19-11-7-10(8-12(9-11)20-2)15-13-3-4-16(5-6-17)14(13)18/h7-9,13,15,17H,3-6H2,1-2H3. The van der Waals surface area contributed by atoms with Gasteiger partial charge in [0.25, 0.3) is 0 Å². The lowest BCUT2D eigenvalue weighted by atomic mass is 10.2. The molecule has 0 spiro atoms. The van der Waals surface area contributed by atoms with Crippen molar-refractivity contribution < 1.29 is 19.4 Å². The Labute approximate surface area is 118 Å². The second-order valence-electron chi connectivity index (χ2n) is 4.64. The van der Waals surface area contributed by atoms with E-state index in [-0.39, 0.29) is 18.6 Å². The SMILES string of the molecule is COc1cc(NC2CCN(CCO)C2=O)cc(OC)c1. The average Bonchev–Trinajstić information content (AvgIpc) is 2.80. The molecule has 1 unspecified atom stereocenters. The minimum Gasteiger partial charge on any atom is -0.497 e. The molecule has 20 heavy (non-hydrogen) atoms. The predicted octanol–water partition coefficient (Wildman–Crippen LogP) is 0.709. The molecule has 6 heteroatoms. The topological polar surface area (TPSA) is 71.0 Å². The highest BCUT2D eigenvalue weighted by Crippen LogP contribution is 2.27. The fraction of sp³-hybridized carbons (Fsp3) is 0.500. The van der Waals surface area contributed by atoms with Gasteiger partial charge in [-0.2, -0.15) is 0 Å². The van der Waals surface area contributed by atoms with Crippen LogP contribution in [0.5, 0.6) is 11.5 Å². The number of nitrogens with zero attached hydrogens (tertiary/aromatic N) is 1. The van der Waals surface area contributed by atoms with Crippen molar-refractivity contribution in [3.8, 4) is 11.5 Å². The van der Waals surface area contributed by atoms with Gasteiger partial charge in [-0.15, -0.1) is 0 Å². The lowest BCUT2D eigenvalue weighted by molar-refractivity contribution is -0.128. The molecule has 110 valence electrons. The van der Waals surface area contributed by atoms with Crippen LogP contribution in [0.3, 0.4) is 0 Å². The van der Waals surface area contributed by atoms with Crippen LogP contribution in [0.4, 0.5) is 5.69 Å². The zero-order valence-corrected chi connectivity index (χ0v) is 11.8. The molecule has 0 aromatic heterocycles. The zero-order chi connectivity index (χ0) is 14.5. The minimum absolute atomic E-state index is 0.00849. The van der Waals surface area contributed by atoms with Crippen molar-refractivity contribution in [2.75, 3.05) is 39.2 Å². The van der Waals surface area contributed by atoms with Crippen molar-refractivity contribution in [3.63, 3.8) is 0 Å². The Balaban J connectivity index is 2.08. The van der Waals surface area contributed by atoms with Crippen molar-refractivity contribution in [1.82, 2.24) is 4.90 Å². The van der Waals surface area contributed by atoms with Crippen molar-refractivity contribution in [1.29, 1.82) is 0 Å². The fourth-order valence-corrected chi connectivity index (χ4v) is 2.31. The van der Waals surface area contributed by atoms with Gasteiger partial charge in [-0.25, -0.2) is 0 Å². The molecule has 1 saturated heterocycles. The van der Waals surface area contributed by atoms with Crippen LogP contribution in [-0.4, -0.2) is 55.9 Å². The highest BCUT2D eigenvalue weighted by atomic mass is 16.5. The van der Waals surface area contributed by atoms with E-state index in [1.54, 1.807) is 25.2 Å². The van der Waals surface area contributed by atoms with E-state index in [1.165, 1.54) is 0 Å². The third-order valence-electron chi connectivity index (χ3n) is 3.36. The van der Waals surface area contributed by atoms with Gasteiger partial charge in [0.1, 0.15) is 17.5 Å². The molecular formula is C14H20N2O4. The monoisotopic (exact) mass is 280 g/mol. The van der Waals surface area contributed by atoms with E-state index in [1.807, 2.05) is 12.1 Å². The number of benzene rings is 1. The average molecular weight is 280 g/mol. The van der Waals surface area contributed by atoms with E-state index in [9.17, 15) is 4.79 Å². The molecular weight excluding hydrogens is 260 g/mol. The number of likely N-dealkylation sites (tertiary alicyclic amines) is 1. The van der Waals surface area contributed by atoms with Crippen LogP contribution in [-0.2, 0) is 4.79 Å². The summed E-state index contributed by atoms with van der Waals surface area (Å²) in [6, 6.07) is 5.16. The van der Waals surface area contributed by atoms with E-state index >= 15 is 0 Å². The van der Waals surface area contributed by atoms with Crippen molar-refractivity contribution in [3.05, 3.63) is 18.2 Å². The summed E-state index contributed by atoms with van der Waals surface area (Å²) in [7, 11) is 3.17. The highest BCUT2D eigenvalue weighted by Gasteiger charge is 2.31. The predicted molar refractivity (Wildman–Crippen MR) is 75.2 cm³/mol. The third kappa shape index (κ3) is 3.14. The largest absolute Gasteiger partial charge is 0.497 e. The Morgan fingerprint density at radius 2 is 1.95 bits per heavy atom. The number of methoxy groups -OCH3 is 2. The van der Waals surface area contributed by atoms with Gasteiger partial charge in [-0.05, 0) is 6.42 Å². The maximum Gasteiger partial charge on any atom is 0.245 e. The molecule has 1 aromatic rings. The number of nitrogens with one attached hydrogen (secondary N) is 1. The molecule has 2 N–H and O–H groups in total. The van der Waals surface area contributed by atoms with E-state index in [0.717, 1.165) is 12.1 Å². The molecule has 6 nitrogen and oxygen atoms in total. The van der Waals surface area contributed by atoms with Crippen LogP contribution < -0.4 is 14.8 Å². The summed E-state index contributed by atoms with van der Waals surface area (Å²) in [5.74, 6) is 1.36. The Bertz CT molecular complexity index is 456. The molecule has 0 radical (unpaired) electrons. The second-order valence-corrected chi connectivity index (χ2v) is 4.64. The molecule has 1 amide bonds. The number of amides is 1.